The van der Waals surface area contributed by atoms with Crippen molar-refractivity contribution in [2.75, 3.05) is 5.32 Å². The van der Waals surface area contributed by atoms with Crippen LogP contribution in [0, 0.1) is 5.41 Å². The van der Waals surface area contributed by atoms with Gasteiger partial charge >= 0.3 is 0 Å². The second kappa shape index (κ2) is 4.60. The van der Waals surface area contributed by atoms with E-state index in [1.165, 1.54) is 0 Å². The molecule has 1 aliphatic rings. The number of nitrogens with zero attached hydrogens (tertiary/aromatic N) is 3. The van der Waals surface area contributed by atoms with Crippen LogP contribution in [0.5, 0.6) is 0 Å². The van der Waals surface area contributed by atoms with Crippen molar-refractivity contribution in [2.45, 2.75) is 57.9 Å². The number of halogens is 1. The molecule has 2 heterocycles. The van der Waals surface area contributed by atoms with Crippen LogP contribution in [-0.4, -0.2) is 26.0 Å². The topological polar surface area (TPSA) is 42.2 Å². The Morgan fingerprint density at radius 1 is 1.38 bits per heavy atom. The van der Waals surface area contributed by atoms with Crippen molar-refractivity contribution in [3.63, 3.8) is 0 Å². The van der Waals surface area contributed by atoms with Gasteiger partial charge in [-0.25, -0.2) is 9.50 Å². The zero-order valence-electron chi connectivity index (χ0n) is 13.3. The first-order valence-corrected chi connectivity index (χ1v) is 7.89. The van der Waals surface area contributed by atoms with E-state index in [0.29, 0.717) is 6.04 Å². The zero-order chi connectivity index (χ0) is 15.4. The Labute approximate surface area is 130 Å². The van der Waals surface area contributed by atoms with Crippen molar-refractivity contribution in [1.82, 2.24) is 14.6 Å². The van der Waals surface area contributed by atoms with Crippen LogP contribution >= 0.6 is 11.6 Å². The largest absolute Gasteiger partial charge is 0.365 e. The fourth-order valence-corrected chi connectivity index (χ4v) is 3.01. The summed E-state index contributed by atoms with van der Waals surface area (Å²) in [6, 6.07) is 2.48. The van der Waals surface area contributed by atoms with Gasteiger partial charge in [0, 0.05) is 34.6 Å². The third-order valence-corrected chi connectivity index (χ3v) is 5.36. The second-order valence-corrected chi connectivity index (χ2v) is 8.13. The summed E-state index contributed by atoms with van der Waals surface area (Å²) < 4.78 is 1.90. The number of fused-ring (bicyclic) bond motifs is 1. The minimum atomic E-state index is 0.0280. The summed E-state index contributed by atoms with van der Waals surface area (Å²) in [6.45, 7) is 10.9. The number of aromatic nitrogens is 3. The van der Waals surface area contributed by atoms with Gasteiger partial charge in [0.05, 0.1) is 5.69 Å². The molecule has 1 saturated carbocycles. The highest BCUT2D eigenvalue weighted by molar-refractivity contribution is 6.21. The number of alkyl halides is 1. The van der Waals surface area contributed by atoms with Gasteiger partial charge in [0.1, 0.15) is 5.52 Å². The van der Waals surface area contributed by atoms with Gasteiger partial charge in [-0.2, -0.15) is 5.10 Å². The number of anilines is 1. The number of hydrogen-bond acceptors (Lipinski definition) is 3. The van der Waals surface area contributed by atoms with Crippen molar-refractivity contribution in [1.29, 1.82) is 0 Å². The SMILES string of the molecule is CC(C)(C)c1cc2c(NC3CC(Cl)C3(C)C)nccn2n1. The lowest BCUT2D eigenvalue weighted by Gasteiger charge is -2.49. The number of rotatable bonds is 2. The van der Waals surface area contributed by atoms with Crippen LogP contribution in [0.15, 0.2) is 18.5 Å². The van der Waals surface area contributed by atoms with E-state index in [4.69, 9.17) is 11.6 Å². The summed E-state index contributed by atoms with van der Waals surface area (Å²) in [7, 11) is 0. The van der Waals surface area contributed by atoms with E-state index in [1.54, 1.807) is 6.20 Å². The molecule has 5 heteroatoms. The molecule has 21 heavy (non-hydrogen) atoms. The molecule has 0 amide bonds. The third kappa shape index (κ3) is 2.39. The van der Waals surface area contributed by atoms with Gasteiger partial charge in [-0.1, -0.05) is 34.6 Å². The maximum absolute atomic E-state index is 6.31. The molecule has 0 radical (unpaired) electrons. The number of hydrogen-bond donors (Lipinski definition) is 1. The lowest BCUT2D eigenvalue weighted by Crippen LogP contribution is -2.54. The Morgan fingerprint density at radius 2 is 2.10 bits per heavy atom. The molecule has 1 N–H and O–H groups in total. The molecule has 2 aromatic heterocycles. The van der Waals surface area contributed by atoms with Crippen LogP contribution in [0.25, 0.3) is 5.52 Å². The number of nitrogens with one attached hydrogen (secondary N) is 1. The Bertz CT molecular complexity index is 668. The Morgan fingerprint density at radius 3 is 2.67 bits per heavy atom. The third-order valence-electron chi connectivity index (χ3n) is 4.62. The highest BCUT2D eigenvalue weighted by Crippen LogP contribution is 2.45. The summed E-state index contributed by atoms with van der Waals surface area (Å²) in [5, 5.41) is 8.43. The van der Waals surface area contributed by atoms with Crippen LogP contribution in [0.2, 0.25) is 0 Å². The fourth-order valence-electron chi connectivity index (χ4n) is 2.68. The first-order valence-electron chi connectivity index (χ1n) is 7.45. The second-order valence-electron chi connectivity index (χ2n) is 7.61. The average molecular weight is 307 g/mol. The predicted molar refractivity (Wildman–Crippen MR) is 87.1 cm³/mol. The van der Waals surface area contributed by atoms with Gasteiger partial charge < -0.3 is 5.32 Å². The van der Waals surface area contributed by atoms with Crippen LogP contribution in [0.4, 0.5) is 5.82 Å². The van der Waals surface area contributed by atoms with E-state index in [9.17, 15) is 0 Å². The minimum absolute atomic E-state index is 0.0280. The predicted octanol–water partition coefficient (Wildman–Crippen LogP) is 3.84. The van der Waals surface area contributed by atoms with Gasteiger partial charge in [-0.15, -0.1) is 11.6 Å². The van der Waals surface area contributed by atoms with Crippen molar-refractivity contribution in [2.24, 2.45) is 5.41 Å². The van der Waals surface area contributed by atoms with Gasteiger partial charge in [-0.3, -0.25) is 0 Å². The first kappa shape index (κ1) is 14.6. The van der Waals surface area contributed by atoms with Crippen molar-refractivity contribution in [3.05, 3.63) is 24.2 Å². The standard InChI is InChI=1S/C16H23ClN4/c1-15(2,3)12-8-10-14(18-6-7-21(10)20-12)19-13-9-11(17)16(13,4)5/h6-8,11,13H,9H2,1-5H3,(H,18,19). The average Bonchev–Trinajstić information content (AvgIpc) is 2.83. The van der Waals surface area contributed by atoms with Crippen molar-refractivity contribution < 1.29 is 0 Å². The molecule has 4 nitrogen and oxygen atoms in total. The zero-order valence-corrected chi connectivity index (χ0v) is 14.1. The monoisotopic (exact) mass is 306 g/mol. The smallest absolute Gasteiger partial charge is 0.152 e. The van der Waals surface area contributed by atoms with Gasteiger partial charge in [-0.05, 0) is 12.5 Å². The lowest BCUT2D eigenvalue weighted by molar-refractivity contribution is 0.168. The van der Waals surface area contributed by atoms with Crippen LogP contribution in [0.3, 0.4) is 0 Å². The van der Waals surface area contributed by atoms with E-state index in [0.717, 1.165) is 23.4 Å². The highest BCUT2D eigenvalue weighted by atomic mass is 35.5. The maximum Gasteiger partial charge on any atom is 0.152 e. The molecule has 1 aliphatic carbocycles. The molecular formula is C16H23ClN4. The molecule has 114 valence electrons. The maximum atomic E-state index is 6.31. The summed E-state index contributed by atoms with van der Waals surface area (Å²) in [4.78, 5) is 4.50. The fraction of sp³-hybridized carbons (Fsp3) is 0.625. The Kier molecular flexibility index (Phi) is 3.21. The molecule has 0 aliphatic heterocycles. The van der Waals surface area contributed by atoms with Crippen LogP contribution < -0.4 is 5.32 Å². The minimum Gasteiger partial charge on any atom is -0.365 e. The molecule has 1 fully saturated rings. The van der Waals surface area contributed by atoms with E-state index in [1.807, 2.05) is 10.7 Å². The summed E-state index contributed by atoms with van der Waals surface area (Å²) in [5.41, 5.74) is 2.21. The molecule has 0 bridgehead atoms. The summed E-state index contributed by atoms with van der Waals surface area (Å²) in [6.07, 6.45) is 4.65. The molecular weight excluding hydrogens is 284 g/mol. The van der Waals surface area contributed by atoms with Crippen molar-refractivity contribution >= 4 is 22.9 Å². The Balaban J connectivity index is 1.95. The first-order chi connectivity index (χ1) is 9.69. The molecule has 0 saturated heterocycles. The highest BCUT2D eigenvalue weighted by Gasteiger charge is 2.47. The molecule has 2 unspecified atom stereocenters. The van der Waals surface area contributed by atoms with Crippen molar-refractivity contribution in [3.8, 4) is 0 Å². The Hall–Kier alpha value is -1.29. The molecule has 3 rings (SSSR count). The quantitative estimate of drug-likeness (QED) is 0.857. The van der Waals surface area contributed by atoms with Gasteiger partial charge in [0.25, 0.3) is 0 Å². The molecule has 0 aromatic carbocycles. The molecule has 2 aromatic rings. The normalized spacial score (nSPS) is 24.9. The van der Waals surface area contributed by atoms with E-state index < -0.39 is 0 Å². The van der Waals surface area contributed by atoms with E-state index in [-0.39, 0.29) is 16.2 Å². The van der Waals surface area contributed by atoms with Gasteiger partial charge in [0.2, 0.25) is 0 Å². The lowest BCUT2D eigenvalue weighted by atomic mass is 9.67. The molecule has 0 spiro atoms. The van der Waals surface area contributed by atoms with Gasteiger partial charge in [0.15, 0.2) is 5.82 Å². The van der Waals surface area contributed by atoms with E-state index in [2.05, 4.69) is 56.1 Å². The molecule has 2 atom stereocenters. The summed E-state index contributed by atoms with van der Waals surface area (Å²) in [5.74, 6) is 0.891. The summed E-state index contributed by atoms with van der Waals surface area (Å²) >= 11 is 6.31. The van der Waals surface area contributed by atoms with E-state index >= 15 is 0 Å². The van der Waals surface area contributed by atoms with Crippen LogP contribution in [0.1, 0.15) is 46.7 Å². The van der Waals surface area contributed by atoms with Crippen LogP contribution in [-0.2, 0) is 5.41 Å².